The number of benzene rings is 2. The fourth-order valence-corrected chi connectivity index (χ4v) is 4.25. The Hall–Kier alpha value is -2.34. The number of hydrogen-bond donors (Lipinski definition) is 1. The summed E-state index contributed by atoms with van der Waals surface area (Å²) >= 11 is 0. The van der Waals surface area contributed by atoms with Gasteiger partial charge in [-0.05, 0) is 61.9 Å². The van der Waals surface area contributed by atoms with Crippen molar-refractivity contribution in [2.75, 3.05) is 22.4 Å². The van der Waals surface area contributed by atoms with Crippen LogP contribution in [0.1, 0.15) is 42.0 Å². The van der Waals surface area contributed by atoms with E-state index in [2.05, 4.69) is 12.2 Å². The van der Waals surface area contributed by atoms with Gasteiger partial charge < -0.3 is 5.32 Å². The van der Waals surface area contributed by atoms with Gasteiger partial charge in [-0.15, -0.1) is 0 Å². The van der Waals surface area contributed by atoms with Crippen LogP contribution in [0.15, 0.2) is 36.4 Å². The molecule has 1 N–H and O–H groups in total. The van der Waals surface area contributed by atoms with E-state index in [4.69, 9.17) is 0 Å². The molecule has 0 atom stereocenters. The molecule has 0 saturated heterocycles. The minimum atomic E-state index is -3.43. The summed E-state index contributed by atoms with van der Waals surface area (Å²) in [6.45, 7) is 8.12. The molecule has 1 amide bonds. The van der Waals surface area contributed by atoms with Gasteiger partial charge in [0.1, 0.15) is 0 Å². The predicted octanol–water partition coefficient (Wildman–Crippen LogP) is 4.36. The third-order valence-electron chi connectivity index (χ3n) is 4.80. The van der Waals surface area contributed by atoms with Gasteiger partial charge in [0.15, 0.2) is 0 Å². The van der Waals surface area contributed by atoms with Gasteiger partial charge in [0.25, 0.3) is 0 Å². The number of aryl methyl sites for hydroxylation is 4. The summed E-state index contributed by atoms with van der Waals surface area (Å²) in [5, 5.41) is 3.00. The zero-order chi connectivity index (χ0) is 20.9. The topological polar surface area (TPSA) is 66.5 Å². The molecule has 0 radical (unpaired) electrons. The van der Waals surface area contributed by atoms with Crippen molar-refractivity contribution in [1.82, 2.24) is 0 Å². The van der Waals surface area contributed by atoms with Crippen LogP contribution in [0.4, 0.5) is 11.4 Å². The number of nitrogens with zero attached hydrogens (tertiary/aromatic N) is 1. The molecule has 2 aromatic rings. The van der Waals surface area contributed by atoms with Crippen molar-refractivity contribution < 1.29 is 13.2 Å². The third kappa shape index (κ3) is 5.58. The Bertz CT molecular complexity index is 952. The van der Waals surface area contributed by atoms with Crippen LogP contribution in [0.2, 0.25) is 0 Å². The van der Waals surface area contributed by atoms with Crippen LogP contribution < -0.4 is 9.62 Å². The molecule has 0 aliphatic heterocycles. The maximum absolute atomic E-state index is 12.4. The van der Waals surface area contributed by atoms with Crippen LogP contribution in [-0.2, 0) is 21.2 Å². The Morgan fingerprint density at radius 3 is 2.43 bits per heavy atom. The van der Waals surface area contributed by atoms with Crippen molar-refractivity contribution in [2.45, 2.75) is 47.0 Å². The van der Waals surface area contributed by atoms with E-state index in [1.165, 1.54) is 10.6 Å². The van der Waals surface area contributed by atoms with Crippen molar-refractivity contribution in [3.05, 3.63) is 58.7 Å². The van der Waals surface area contributed by atoms with Crippen molar-refractivity contribution in [3.63, 3.8) is 0 Å². The SMILES string of the molecule is CCc1cccc(C)c1NC(=O)CCCN(c1cc(C)ccc1C)S(C)(=O)=O. The number of sulfonamides is 1. The van der Waals surface area contributed by atoms with Gasteiger partial charge in [0, 0.05) is 18.7 Å². The molecular weight excluding hydrogens is 372 g/mol. The van der Waals surface area contributed by atoms with Crippen LogP contribution in [0.25, 0.3) is 0 Å². The van der Waals surface area contributed by atoms with E-state index < -0.39 is 10.0 Å². The smallest absolute Gasteiger partial charge is 0.232 e. The van der Waals surface area contributed by atoms with E-state index >= 15 is 0 Å². The van der Waals surface area contributed by atoms with Crippen LogP contribution in [-0.4, -0.2) is 27.1 Å². The largest absolute Gasteiger partial charge is 0.326 e. The molecule has 0 unspecified atom stereocenters. The monoisotopic (exact) mass is 402 g/mol. The van der Waals surface area contributed by atoms with Gasteiger partial charge in [-0.1, -0.05) is 37.3 Å². The maximum Gasteiger partial charge on any atom is 0.232 e. The highest BCUT2D eigenvalue weighted by atomic mass is 32.2. The average Bonchev–Trinajstić information content (AvgIpc) is 2.61. The number of carbonyl (C=O) groups is 1. The van der Waals surface area contributed by atoms with Gasteiger partial charge in [0.05, 0.1) is 11.9 Å². The van der Waals surface area contributed by atoms with Crippen LogP contribution in [0.5, 0.6) is 0 Å². The molecule has 0 aromatic heterocycles. The molecule has 5 nitrogen and oxygen atoms in total. The second-order valence-corrected chi connectivity index (χ2v) is 9.15. The fourth-order valence-electron chi connectivity index (χ4n) is 3.24. The molecular formula is C22H30N2O3S. The third-order valence-corrected chi connectivity index (χ3v) is 5.98. The van der Waals surface area contributed by atoms with E-state index in [0.717, 1.165) is 34.4 Å². The van der Waals surface area contributed by atoms with Gasteiger partial charge in [0.2, 0.25) is 15.9 Å². The van der Waals surface area contributed by atoms with E-state index in [9.17, 15) is 13.2 Å². The molecule has 0 saturated carbocycles. The van der Waals surface area contributed by atoms with E-state index in [0.29, 0.717) is 12.1 Å². The molecule has 0 spiro atoms. The first-order chi connectivity index (χ1) is 13.1. The molecule has 0 bridgehead atoms. The molecule has 0 heterocycles. The first-order valence-corrected chi connectivity index (χ1v) is 11.4. The average molecular weight is 403 g/mol. The highest BCUT2D eigenvalue weighted by Gasteiger charge is 2.19. The van der Waals surface area contributed by atoms with Crippen LogP contribution >= 0.6 is 0 Å². The highest BCUT2D eigenvalue weighted by Crippen LogP contribution is 2.25. The van der Waals surface area contributed by atoms with Gasteiger partial charge >= 0.3 is 0 Å². The van der Waals surface area contributed by atoms with E-state index in [-0.39, 0.29) is 18.9 Å². The molecule has 0 aliphatic carbocycles. The highest BCUT2D eigenvalue weighted by molar-refractivity contribution is 7.92. The summed E-state index contributed by atoms with van der Waals surface area (Å²) in [6, 6.07) is 11.7. The summed E-state index contributed by atoms with van der Waals surface area (Å²) < 4.78 is 26.0. The lowest BCUT2D eigenvalue weighted by Gasteiger charge is -2.24. The summed E-state index contributed by atoms with van der Waals surface area (Å²) in [7, 11) is -3.43. The van der Waals surface area contributed by atoms with Crippen molar-refractivity contribution in [2.24, 2.45) is 0 Å². The Morgan fingerprint density at radius 1 is 1.07 bits per heavy atom. The van der Waals surface area contributed by atoms with Crippen molar-refractivity contribution >= 4 is 27.3 Å². The lowest BCUT2D eigenvalue weighted by molar-refractivity contribution is -0.116. The molecule has 152 valence electrons. The molecule has 2 rings (SSSR count). The number of rotatable bonds is 8. The molecule has 6 heteroatoms. The Labute approximate surface area is 168 Å². The number of amides is 1. The zero-order valence-corrected chi connectivity index (χ0v) is 18.2. The second-order valence-electron chi connectivity index (χ2n) is 7.24. The van der Waals surface area contributed by atoms with E-state index in [1.807, 2.05) is 57.2 Å². The first-order valence-electron chi connectivity index (χ1n) is 9.56. The van der Waals surface area contributed by atoms with Crippen molar-refractivity contribution in [1.29, 1.82) is 0 Å². The van der Waals surface area contributed by atoms with Crippen molar-refractivity contribution in [3.8, 4) is 0 Å². The van der Waals surface area contributed by atoms with Crippen LogP contribution in [0.3, 0.4) is 0 Å². The maximum atomic E-state index is 12.4. The van der Waals surface area contributed by atoms with Crippen LogP contribution in [0, 0.1) is 20.8 Å². The second kappa shape index (κ2) is 9.24. The summed E-state index contributed by atoms with van der Waals surface area (Å²) in [6.07, 6.45) is 2.75. The Balaban J connectivity index is 2.07. The molecule has 28 heavy (non-hydrogen) atoms. The normalized spacial score (nSPS) is 11.3. The zero-order valence-electron chi connectivity index (χ0n) is 17.4. The summed E-state index contributed by atoms with van der Waals surface area (Å²) in [5.74, 6) is -0.0987. The Morgan fingerprint density at radius 2 is 1.79 bits per heavy atom. The Kier molecular flexibility index (Phi) is 7.24. The lowest BCUT2D eigenvalue weighted by atomic mass is 10.1. The number of anilines is 2. The molecule has 2 aromatic carbocycles. The minimum Gasteiger partial charge on any atom is -0.326 e. The quantitative estimate of drug-likeness (QED) is 0.713. The number of nitrogens with one attached hydrogen (secondary N) is 1. The van der Waals surface area contributed by atoms with Gasteiger partial charge in [-0.2, -0.15) is 0 Å². The number of carbonyl (C=O) groups excluding carboxylic acids is 1. The lowest BCUT2D eigenvalue weighted by Crippen LogP contribution is -2.32. The molecule has 0 fully saturated rings. The fraction of sp³-hybridized carbons (Fsp3) is 0.409. The van der Waals surface area contributed by atoms with Gasteiger partial charge in [-0.25, -0.2) is 8.42 Å². The standard InChI is InChI=1S/C22H30N2O3S/c1-6-19-10-7-9-18(4)22(19)23-21(25)11-8-14-24(28(5,26)27)20-15-16(2)12-13-17(20)3/h7,9-10,12-13,15H,6,8,11,14H2,1-5H3,(H,23,25). The molecule has 0 aliphatic rings. The van der Waals surface area contributed by atoms with E-state index in [1.54, 1.807) is 0 Å². The predicted molar refractivity (Wildman–Crippen MR) is 117 cm³/mol. The number of para-hydroxylation sites is 1. The first kappa shape index (κ1) is 22.0. The summed E-state index contributed by atoms with van der Waals surface area (Å²) in [4.78, 5) is 12.4. The van der Waals surface area contributed by atoms with Gasteiger partial charge in [-0.3, -0.25) is 9.10 Å². The number of hydrogen-bond acceptors (Lipinski definition) is 3. The summed E-state index contributed by atoms with van der Waals surface area (Å²) in [5.41, 5.74) is 5.56. The minimum absolute atomic E-state index is 0.0987.